The van der Waals surface area contributed by atoms with E-state index in [0.717, 1.165) is 35.7 Å². The topological polar surface area (TPSA) is 46.8 Å². The van der Waals surface area contributed by atoms with Crippen LogP contribution < -0.4 is 9.54 Å². The largest absolute Gasteiger partial charge is 0.494 e. The van der Waals surface area contributed by atoms with Crippen molar-refractivity contribution >= 4 is 22.9 Å². The summed E-state index contributed by atoms with van der Waals surface area (Å²) in [6.07, 6.45) is 0.969. The fourth-order valence-electron chi connectivity index (χ4n) is 2.99. The maximum absolute atomic E-state index is 11.6. The lowest BCUT2D eigenvalue weighted by Crippen LogP contribution is -2.29. The number of hydrogen-bond acceptors (Lipinski definition) is 4. The highest BCUT2D eigenvalue weighted by molar-refractivity contribution is 7.07. The first-order chi connectivity index (χ1) is 11.1. The molecule has 122 valence electrons. The molecule has 5 nitrogen and oxygen atoms in total. The summed E-state index contributed by atoms with van der Waals surface area (Å²) in [6, 6.07) is 8.05. The first-order valence-electron chi connectivity index (χ1n) is 7.70. The van der Waals surface area contributed by atoms with Gasteiger partial charge in [-0.1, -0.05) is 12.1 Å². The maximum atomic E-state index is 11.6. The van der Waals surface area contributed by atoms with Crippen molar-refractivity contribution in [2.45, 2.75) is 26.3 Å². The third kappa shape index (κ3) is 3.17. The molecule has 0 N–H and O–H groups in total. The number of para-hydroxylation sites is 2. The highest BCUT2D eigenvalue weighted by atomic mass is 32.1. The number of aromatic nitrogens is 1. The van der Waals surface area contributed by atoms with Crippen LogP contribution in [-0.2, 0) is 4.79 Å². The summed E-state index contributed by atoms with van der Waals surface area (Å²) in [5.41, 5.74) is 2.01. The summed E-state index contributed by atoms with van der Waals surface area (Å²) in [7, 11) is 1.66. The Labute approximate surface area is 139 Å². The number of benzene rings is 1. The summed E-state index contributed by atoms with van der Waals surface area (Å²) < 4.78 is 7.64. The Kier molecular flexibility index (Phi) is 4.52. The number of ether oxygens (including phenoxy) is 1. The molecule has 2 aromatic rings. The first-order valence-corrected chi connectivity index (χ1v) is 8.58. The average Bonchev–Trinajstić information content (AvgIpc) is 3.15. The standard InChI is InChI=1S/C17H21N3O2S/c1-12-11-23-17(18-15-6-4-5-7-16(15)22-3)20(12)14-8-9-19(10-14)13(2)21/h4-7,11,14H,8-10H2,1-3H3/t14-/m0/s1. The second-order valence-corrected chi connectivity index (χ2v) is 6.56. The summed E-state index contributed by atoms with van der Waals surface area (Å²) in [6.45, 7) is 5.30. The van der Waals surface area contributed by atoms with Crippen LogP contribution in [-0.4, -0.2) is 35.6 Å². The molecule has 3 rings (SSSR count). The smallest absolute Gasteiger partial charge is 0.219 e. The molecule has 1 amide bonds. The highest BCUT2D eigenvalue weighted by Crippen LogP contribution is 2.27. The normalized spacial score (nSPS) is 18.5. The van der Waals surface area contributed by atoms with E-state index in [1.165, 1.54) is 5.69 Å². The van der Waals surface area contributed by atoms with Gasteiger partial charge in [0.1, 0.15) is 11.4 Å². The summed E-state index contributed by atoms with van der Waals surface area (Å²) in [4.78, 5) is 19.2. The minimum atomic E-state index is 0.143. The monoisotopic (exact) mass is 331 g/mol. The molecular formula is C17H21N3O2S. The van der Waals surface area contributed by atoms with Crippen molar-refractivity contribution in [3.05, 3.63) is 40.1 Å². The fraction of sp³-hybridized carbons (Fsp3) is 0.412. The van der Waals surface area contributed by atoms with Gasteiger partial charge in [-0.25, -0.2) is 4.99 Å². The molecule has 0 aliphatic carbocycles. The van der Waals surface area contributed by atoms with E-state index < -0.39 is 0 Å². The summed E-state index contributed by atoms with van der Waals surface area (Å²) in [5.74, 6) is 0.908. The van der Waals surface area contributed by atoms with Gasteiger partial charge in [0, 0.05) is 31.1 Å². The van der Waals surface area contributed by atoms with Crippen molar-refractivity contribution in [2.75, 3.05) is 20.2 Å². The Balaban J connectivity index is 1.99. The van der Waals surface area contributed by atoms with Gasteiger partial charge in [-0.2, -0.15) is 0 Å². The molecule has 23 heavy (non-hydrogen) atoms. The Morgan fingerprint density at radius 2 is 2.17 bits per heavy atom. The van der Waals surface area contributed by atoms with Crippen molar-refractivity contribution in [1.29, 1.82) is 0 Å². The second kappa shape index (κ2) is 6.58. The Morgan fingerprint density at radius 3 is 2.87 bits per heavy atom. The lowest BCUT2D eigenvalue weighted by Gasteiger charge is -2.16. The lowest BCUT2D eigenvalue weighted by molar-refractivity contribution is -0.127. The quantitative estimate of drug-likeness (QED) is 0.868. The van der Waals surface area contributed by atoms with Crippen molar-refractivity contribution in [3.8, 4) is 5.75 Å². The van der Waals surface area contributed by atoms with Gasteiger partial charge in [0.2, 0.25) is 5.91 Å². The van der Waals surface area contributed by atoms with E-state index >= 15 is 0 Å². The van der Waals surface area contributed by atoms with Crippen LogP contribution in [0.5, 0.6) is 5.75 Å². The summed E-state index contributed by atoms with van der Waals surface area (Å²) >= 11 is 1.62. The van der Waals surface area contributed by atoms with Crippen LogP contribution in [0.15, 0.2) is 34.6 Å². The van der Waals surface area contributed by atoms with Gasteiger partial charge < -0.3 is 14.2 Å². The van der Waals surface area contributed by atoms with Gasteiger partial charge >= 0.3 is 0 Å². The highest BCUT2D eigenvalue weighted by Gasteiger charge is 2.26. The van der Waals surface area contributed by atoms with Gasteiger partial charge in [-0.05, 0) is 25.5 Å². The molecule has 0 spiro atoms. The zero-order valence-electron chi connectivity index (χ0n) is 13.7. The van der Waals surface area contributed by atoms with Crippen molar-refractivity contribution in [1.82, 2.24) is 9.47 Å². The van der Waals surface area contributed by atoms with Crippen LogP contribution >= 0.6 is 11.3 Å². The molecule has 1 atom stereocenters. The van der Waals surface area contributed by atoms with Crippen LogP contribution in [0.25, 0.3) is 0 Å². The van der Waals surface area contributed by atoms with Crippen LogP contribution in [0.2, 0.25) is 0 Å². The molecule has 1 fully saturated rings. The van der Waals surface area contributed by atoms with Crippen LogP contribution in [0.3, 0.4) is 0 Å². The molecule has 0 radical (unpaired) electrons. The van der Waals surface area contributed by atoms with E-state index in [-0.39, 0.29) is 5.91 Å². The number of carbonyl (C=O) groups excluding carboxylic acids is 1. The van der Waals surface area contributed by atoms with Crippen LogP contribution in [0.1, 0.15) is 25.1 Å². The fourth-order valence-corrected chi connectivity index (χ4v) is 3.94. The zero-order chi connectivity index (χ0) is 16.4. The molecule has 0 bridgehead atoms. The molecule has 0 unspecified atom stereocenters. The Hall–Kier alpha value is -2.08. The zero-order valence-corrected chi connectivity index (χ0v) is 14.5. The predicted molar refractivity (Wildman–Crippen MR) is 91.2 cm³/mol. The van der Waals surface area contributed by atoms with Crippen molar-refractivity contribution < 1.29 is 9.53 Å². The number of aryl methyl sites for hydroxylation is 1. The number of thiazole rings is 1. The van der Waals surface area contributed by atoms with E-state index in [4.69, 9.17) is 9.73 Å². The first kappa shape index (κ1) is 15.8. The van der Waals surface area contributed by atoms with Crippen molar-refractivity contribution in [2.24, 2.45) is 4.99 Å². The minimum Gasteiger partial charge on any atom is -0.494 e. The van der Waals surface area contributed by atoms with E-state index in [9.17, 15) is 4.79 Å². The van der Waals surface area contributed by atoms with E-state index in [1.807, 2.05) is 29.2 Å². The summed E-state index contributed by atoms with van der Waals surface area (Å²) in [5, 5.41) is 2.12. The lowest BCUT2D eigenvalue weighted by atomic mass is 10.2. The molecule has 2 heterocycles. The van der Waals surface area contributed by atoms with Gasteiger partial charge in [-0.15, -0.1) is 11.3 Å². The molecule has 1 saturated heterocycles. The average molecular weight is 331 g/mol. The van der Waals surface area contributed by atoms with Crippen LogP contribution in [0, 0.1) is 6.92 Å². The third-order valence-corrected chi connectivity index (χ3v) is 5.15. The molecule has 1 aliphatic rings. The van der Waals surface area contributed by atoms with Gasteiger partial charge in [0.25, 0.3) is 0 Å². The molecule has 1 aliphatic heterocycles. The Bertz CT molecular complexity index is 778. The van der Waals surface area contributed by atoms with Gasteiger partial charge in [0.15, 0.2) is 4.80 Å². The van der Waals surface area contributed by atoms with Crippen LogP contribution in [0.4, 0.5) is 5.69 Å². The number of amides is 1. The number of nitrogens with zero attached hydrogens (tertiary/aromatic N) is 3. The maximum Gasteiger partial charge on any atom is 0.219 e. The predicted octanol–water partition coefficient (Wildman–Crippen LogP) is 2.89. The van der Waals surface area contributed by atoms with Gasteiger partial charge in [-0.3, -0.25) is 4.79 Å². The molecule has 6 heteroatoms. The second-order valence-electron chi connectivity index (χ2n) is 5.72. The number of methoxy groups -OCH3 is 1. The molecular weight excluding hydrogens is 310 g/mol. The number of likely N-dealkylation sites (tertiary alicyclic amines) is 1. The Morgan fingerprint density at radius 1 is 1.39 bits per heavy atom. The number of carbonyl (C=O) groups is 1. The number of rotatable bonds is 3. The minimum absolute atomic E-state index is 0.143. The molecule has 1 aromatic heterocycles. The number of hydrogen-bond donors (Lipinski definition) is 0. The van der Waals surface area contributed by atoms with E-state index in [0.29, 0.717) is 6.04 Å². The third-order valence-electron chi connectivity index (χ3n) is 4.20. The molecule has 0 saturated carbocycles. The molecule has 1 aromatic carbocycles. The van der Waals surface area contributed by atoms with E-state index in [1.54, 1.807) is 25.4 Å². The SMILES string of the molecule is COc1ccccc1N=c1scc(C)n1[C@H]1CCN(C(C)=O)C1. The van der Waals surface area contributed by atoms with Crippen molar-refractivity contribution in [3.63, 3.8) is 0 Å². The van der Waals surface area contributed by atoms with Gasteiger partial charge in [0.05, 0.1) is 13.2 Å². The van der Waals surface area contributed by atoms with E-state index in [2.05, 4.69) is 16.9 Å².